The second kappa shape index (κ2) is 11.9. The molecule has 2 saturated heterocycles. The van der Waals surface area contributed by atoms with E-state index >= 15 is 0 Å². The van der Waals surface area contributed by atoms with Crippen molar-refractivity contribution in [1.82, 2.24) is 25.1 Å². The minimum atomic E-state index is -4.55. The number of halogens is 3. The second-order valence-corrected chi connectivity index (χ2v) is 12.5. The molecular weight excluding hydrogens is 571 g/mol. The van der Waals surface area contributed by atoms with E-state index in [4.69, 9.17) is 0 Å². The van der Waals surface area contributed by atoms with E-state index in [-0.39, 0.29) is 23.4 Å². The zero-order chi connectivity index (χ0) is 31.0. The Labute approximate surface area is 254 Å². The lowest BCUT2D eigenvalue weighted by Gasteiger charge is -2.40. The lowest BCUT2D eigenvalue weighted by Crippen LogP contribution is -2.43. The molecule has 1 unspecified atom stereocenters. The fourth-order valence-corrected chi connectivity index (χ4v) is 7.08. The van der Waals surface area contributed by atoms with E-state index in [1.807, 2.05) is 24.3 Å². The van der Waals surface area contributed by atoms with Crippen LogP contribution < -0.4 is 5.32 Å². The summed E-state index contributed by atoms with van der Waals surface area (Å²) in [6.45, 7) is 2.79. The molecule has 1 saturated carbocycles. The van der Waals surface area contributed by atoms with E-state index in [1.54, 1.807) is 23.4 Å². The van der Waals surface area contributed by atoms with E-state index in [2.05, 4.69) is 20.2 Å². The molecule has 6 rings (SSSR count). The van der Waals surface area contributed by atoms with Gasteiger partial charge in [-0.3, -0.25) is 14.5 Å². The largest absolute Gasteiger partial charge is 0.416 e. The van der Waals surface area contributed by atoms with Crippen LogP contribution in [0.2, 0.25) is 0 Å². The molecule has 1 spiro atoms. The van der Waals surface area contributed by atoms with Crippen LogP contribution in [0.5, 0.6) is 0 Å². The van der Waals surface area contributed by atoms with Gasteiger partial charge in [-0.05, 0) is 74.9 Å². The van der Waals surface area contributed by atoms with Gasteiger partial charge in [-0.25, -0.2) is 9.97 Å². The summed E-state index contributed by atoms with van der Waals surface area (Å²) >= 11 is 0. The molecule has 1 aromatic heterocycles. The molecule has 2 aliphatic heterocycles. The van der Waals surface area contributed by atoms with Gasteiger partial charge in [0, 0.05) is 54.6 Å². The molecule has 0 radical (unpaired) electrons. The highest BCUT2D eigenvalue weighted by atomic mass is 19.4. The Bertz CT molecular complexity index is 1490. The van der Waals surface area contributed by atoms with Crippen molar-refractivity contribution in [2.24, 2.45) is 5.41 Å². The van der Waals surface area contributed by atoms with Crippen molar-refractivity contribution >= 4 is 11.8 Å². The van der Waals surface area contributed by atoms with Gasteiger partial charge < -0.3 is 15.3 Å². The van der Waals surface area contributed by atoms with Gasteiger partial charge >= 0.3 is 6.18 Å². The number of nitrogens with zero attached hydrogens (tertiary/aromatic N) is 4. The van der Waals surface area contributed by atoms with Gasteiger partial charge in [0.05, 0.1) is 17.7 Å². The van der Waals surface area contributed by atoms with Crippen LogP contribution in [0.4, 0.5) is 13.2 Å². The number of nitrogens with one attached hydrogen (secondary N) is 1. The minimum Gasteiger partial charge on any atom is -0.385 e. The minimum absolute atomic E-state index is 0.00377. The van der Waals surface area contributed by atoms with E-state index in [0.717, 1.165) is 62.0 Å². The number of hydrogen-bond acceptors (Lipinski definition) is 6. The Morgan fingerprint density at radius 2 is 1.64 bits per heavy atom. The monoisotopic (exact) mass is 607 g/mol. The van der Waals surface area contributed by atoms with Crippen LogP contribution in [0.15, 0.2) is 67.0 Å². The first-order valence-corrected chi connectivity index (χ1v) is 15.1. The summed E-state index contributed by atoms with van der Waals surface area (Å²) in [7, 11) is 0. The lowest BCUT2D eigenvalue weighted by molar-refractivity contribution is -0.137. The number of carbonyl (C=O) groups excluding carboxylic acids is 2. The first-order chi connectivity index (χ1) is 21.0. The van der Waals surface area contributed by atoms with Crippen LogP contribution in [0.1, 0.15) is 60.0 Å². The molecule has 2 N–H and O–H groups in total. The summed E-state index contributed by atoms with van der Waals surface area (Å²) in [6.07, 6.45) is 3.87. The number of amides is 2. The topological polar surface area (TPSA) is 98.7 Å². The molecular formula is C33H36F3N5O3. The third-order valence-electron chi connectivity index (χ3n) is 9.66. The lowest BCUT2D eigenvalue weighted by atomic mass is 9.77. The number of aromatic nitrogens is 2. The van der Waals surface area contributed by atoms with Crippen LogP contribution in [0.3, 0.4) is 0 Å². The smallest absolute Gasteiger partial charge is 0.385 e. The molecule has 3 heterocycles. The van der Waals surface area contributed by atoms with Gasteiger partial charge in [0.1, 0.15) is 0 Å². The van der Waals surface area contributed by atoms with Crippen LogP contribution in [0, 0.1) is 5.41 Å². The summed E-state index contributed by atoms with van der Waals surface area (Å²) < 4.78 is 39.0. The first-order valence-electron chi connectivity index (χ1n) is 15.1. The Hall–Kier alpha value is -3.83. The third-order valence-corrected chi connectivity index (χ3v) is 9.66. The quantitative estimate of drug-likeness (QED) is 0.424. The number of aliphatic hydroxyl groups is 1. The highest BCUT2D eigenvalue weighted by Gasteiger charge is 2.47. The number of alkyl halides is 3. The zero-order valence-corrected chi connectivity index (χ0v) is 24.4. The summed E-state index contributed by atoms with van der Waals surface area (Å²) in [5, 5.41) is 14.0. The number of likely N-dealkylation sites (tertiary alicyclic amines) is 2. The molecule has 3 aliphatic rings. The summed E-state index contributed by atoms with van der Waals surface area (Å²) in [5.41, 5.74) is -0.0626. The van der Waals surface area contributed by atoms with Crippen molar-refractivity contribution in [2.75, 3.05) is 32.7 Å². The predicted octanol–water partition coefficient (Wildman–Crippen LogP) is 4.65. The molecule has 1 atom stereocenters. The fourth-order valence-electron chi connectivity index (χ4n) is 7.08. The molecule has 0 bridgehead atoms. The van der Waals surface area contributed by atoms with Gasteiger partial charge in [0.25, 0.3) is 5.91 Å². The van der Waals surface area contributed by atoms with Crippen LogP contribution in [-0.4, -0.2) is 75.5 Å². The van der Waals surface area contributed by atoms with Crippen molar-refractivity contribution in [1.29, 1.82) is 0 Å². The Morgan fingerprint density at radius 3 is 2.34 bits per heavy atom. The third kappa shape index (κ3) is 6.34. The van der Waals surface area contributed by atoms with Crippen molar-refractivity contribution < 1.29 is 27.9 Å². The van der Waals surface area contributed by atoms with E-state index in [0.29, 0.717) is 37.8 Å². The molecule has 1 aliphatic carbocycles. The number of carbonyl (C=O) groups is 2. The number of rotatable bonds is 6. The maximum absolute atomic E-state index is 13.0. The highest BCUT2D eigenvalue weighted by molar-refractivity contribution is 5.96. The molecule has 2 aromatic carbocycles. The zero-order valence-electron chi connectivity index (χ0n) is 24.4. The van der Waals surface area contributed by atoms with Crippen LogP contribution in [0.25, 0.3) is 11.4 Å². The van der Waals surface area contributed by atoms with Crippen molar-refractivity contribution in [3.05, 3.63) is 83.7 Å². The maximum atomic E-state index is 13.0. The highest BCUT2D eigenvalue weighted by Crippen LogP contribution is 2.44. The van der Waals surface area contributed by atoms with Crippen LogP contribution >= 0.6 is 0 Å². The SMILES string of the molecule is O=C(NCC(=O)N1CCC2(CCN(C3CCC(O)(c4ccc(-c5ncccn5)cc4)CC3)C2)C1)c1cccc(C(F)(F)F)c1. The molecule has 44 heavy (non-hydrogen) atoms. The van der Waals surface area contributed by atoms with Gasteiger partial charge in [-0.2, -0.15) is 13.2 Å². The Balaban J connectivity index is 0.982. The maximum Gasteiger partial charge on any atom is 0.416 e. The van der Waals surface area contributed by atoms with Crippen molar-refractivity contribution in [3.8, 4) is 11.4 Å². The van der Waals surface area contributed by atoms with Gasteiger partial charge in [-0.15, -0.1) is 0 Å². The molecule has 2 amide bonds. The molecule has 3 fully saturated rings. The number of benzene rings is 2. The molecule has 232 valence electrons. The van der Waals surface area contributed by atoms with E-state index < -0.39 is 23.2 Å². The standard InChI is InChI=1S/C33H36F3N5O3/c34-33(35,36)26-4-1-3-24(19-26)30(43)39-20-28(42)41-18-14-31(22-41)13-17-40(21-31)27-9-11-32(44,12-10-27)25-7-5-23(6-8-25)29-37-15-2-16-38-29/h1-8,15-16,19,27,44H,9-14,17-18,20-22H2,(H,39,43). The fraction of sp³-hybridized carbons (Fsp3) is 0.455. The van der Waals surface area contributed by atoms with E-state index in [9.17, 15) is 27.9 Å². The summed E-state index contributed by atoms with van der Waals surface area (Å²) in [6, 6.07) is 14.2. The Kier molecular flexibility index (Phi) is 8.19. The van der Waals surface area contributed by atoms with Gasteiger partial charge in [0.2, 0.25) is 5.91 Å². The van der Waals surface area contributed by atoms with Crippen molar-refractivity contribution in [2.45, 2.75) is 56.3 Å². The summed E-state index contributed by atoms with van der Waals surface area (Å²) in [5.74, 6) is -0.276. The average Bonchev–Trinajstić information content (AvgIpc) is 3.66. The molecule has 8 nitrogen and oxygen atoms in total. The van der Waals surface area contributed by atoms with Crippen LogP contribution in [-0.2, 0) is 16.6 Å². The summed E-state index contributed by atoms with van der Waals surface area (Å²) in [4.78, 5) is 38.2. The first kappa shape index (κ1) is 30.2. The predicted molar refractivity (Wildman–Crippen MR) is 157 cm³/mol. The molecule has 11 heteroatoms. The average molecular weight is 608 g/mol. The van der Waals surface area contributed by atoms with Gasteiger partial charge in [0.15, 0.2) is 5.82 Å². The second-order valence-electron chi connectivity index (χ2n) is 12.5. The van der Waals surface area contributed by atoms with E-state index in [1.165, 1.54) is 12.1 Å². The van der Waals surface area contributed by atoms with Gasteiger partial charge in [-0.1, -0.05) is 30.3 Å². The van der Waals surface area contributed by atoms with Crippen molar-refractivity contribution in [3.63, 3.8) is 0 Å². The molecule has 3 aromatic rings. The normalized spacial score (nSPS) is 25.8. The number of hydrogen-bond donors (Lipinski definition) is 2. The Morgan fingerprint density at radius 1 is 0.932 bits per heavy atom.